The van der Waals surface area contributed by atoms with E-state index in [-0.39, 0.29) is 0 Å². The van der Waals surface area contributed by atoms with Gasteiger partial charge in [-0.1, -0.05) is 26.7 Å². The summed E-state index contributed by atoms with van der Waals surface area (Å²) < 4.78 is 5.85. The van der Waals surface area contributed by atoms with E-state index in [0.717, 1.165) is 31.7 Å². The molecule has 1 aliphatic heterocycles. The number of nitrogens with one attached hydrogen (secondary N) is 1. The van der Waals surface area contributed by atoms with Gasteiger partial charge in [-0.3, -0.25) is 4.90 Å². The van der Waals surface area contributed by atoms with Crippen LogP contribution >= 0.6 is 0 Å². The van der Waals surface area contributed by atoms with Gasteiger partial charge < -0.3 is 10.1 Å². The van der Waals surface area contributed by atoms with Crippen molar-refractivity contribution in [1.82, 2.24) is 10.2 Å². The lowest BCUT2D eigenvalue weighted by atomic mass is 9.90. The Kier molecular flexibility index (Phi) is 4.68. The summed E-state index contributed by atoms with van der Waals surface area (Å²) in [7, 11) is 0. The van der Waals surface area contributed by atoms with E-state index in [9.17, 15) is 0 Å². The molecule has 1 saturated heterocycles. The summed E-state index contributed by atoms with van der Waals surface area (Å²) in [6, 6.07) is 0.756. The number of piperazine rings is 1. The Labute approximate surface area is 124 Å². The molecule has 0 aromatic carbocycles. The molecule has 1 N–H and O–H groups in total. The quantitative estimate of drug-likeness (QED) is 0.757. The van der Waals surface area contributed by atoms with Crippen LogP contribution in [0.1, 0.15) is 52.4 Å². The highest BCUT2D eigenvalue weighted by Crippen LogP contribution is 2.40. The van der Waals surface area contributed by atoms with Gasteiger partial charge in [-0.25, -0.2) is 0 Å². The molecule has 116 valence electrons. The minimum atomic E-state index is 0.465. The molecule has 0 bridgehead atoms. The van der Waals surface area contributed by atoms with Crippen molar-refractivity contribution in [2.75, 3.05) is 32.8 Å². The lowest BCUT2D eigenvalue weighted by molar-refractivity contribution is 0.00560. The van der Waals surface area contributed by atoms with Crippen LogP contribution in [0, 0.1) is 11.8 Å². The summed E-state index contributed by atoms with van der Waals surface area (Å²) in [5, 5.41) is 3.87. The monoisotopic (exact) mass is 280 g/mol. The molecule has 0 radical (unpaired) electrons. The van der Waals surface area contributed by atoms with Crippen LogP contribution in [0.3, 0.4) is 0 Å². The first-order valence-corrected chi connectivity index (χ1v) is 8.76. The Morgan fingerprint density at radius 2 is 2.00 bits per heavy atom. The summed E-state index contributed by atoms with van der Waals surface area (Å²) in [5.41, 5.74) is 0.465. The van der Waals surface area contributed by atoms with Crippen molar-refractivity contribution in [2.45, 2.75) is 64.0 Å². The van der Waals surface area contributed by atoms with Crippen LogP contribution in [0.15, 0.2) is 0 Å². The van der Waals surface area contributed by atoms with E-state index in [1.807, 2.05) is 0 Å². The fourth-order valence-electron chi connectivity index (χ4n) is 4.09. The highest BCUT2D eigenvalue weighted by Gasteiger charge is 2.46. The van der Waals surface area contributed by atoms with Gasteiger partial charge in [0.05, 0.1) is 6.61 Å². The summed E-state index contributed by atoms with van der Waals surface area (Å²) in [5.74, 6) is 1.62. The van der Waals surface area contributed by atoms with Crippen molar-refractivity contribution in [3.05, 3.63) is 0 Å². The van der Waals surface area contributed by atoms with Crippen molar-refractivity contribution < 1.29 is 4.74 Å². The average Bonchev–Trinajstić information content (AvgIpc) is 3.17. The molecule has 0 aromatic heterocycles. The zero-order chi connectivity index (χ0) is 14.0. The van der Waals surface area contributed by atoms with Gasteiger partial charge in [0.2, 0.25) is 0 Å². The molecule has 0 amide bonds. The van der Waals surface area contributed by atoms with Gasteiger partial charge in [0, 0.05) is 37.8 Å². The summed E-state index contributed by atoms with van der Waals surface area (Å²) >= 11 is 0. The van der Waals surface area contributed by atoms with Crippen molar-refractivity contribution in [2.24, 2.45) is 11.8 Å². The zero-order valence-corrected chi connectivity index (χ0v) is 13.4. The highest BCUT2D eigenvalue weighted by molar-refractivity contribution is 5.04. The predicted molar refractivity (Wildman–Crippen MR) is 82.9 cm³/mol. The van der Waals surface area contributed by atoms with Gasteiger partial charge in [0.1, 0.15) is 0 Å². The highest BCUT2D eigenvalue weighted by atomic mass is 16.5. The van der Waals surface area contributed by atoms with E-state index in [0.29, 0.717) is 11.5 Å². The second-order valence-electron chi connectivity index (χ2n) is 7.67. The lowest BCUT2D eigenvalue weighted by Gasteiger charge is -2.48. The molecule has 3 fully saturated rings. The summed E-state index contributed by atoms with van der Waals surface area (Å²) in [6.45, 7) is 9.90. The molecule has 2 aliphatic carbocycles. The predicted octanol–water partition coefficient (Wildman–Crippen LogP) is 2.66. The van der Waals surface area contributed by atoms with Gasteiger partial charge in [-0.2, -0.15) is 0 Å². The largest absolute Gasteiger partial charge is 0.380 e. The molecule has 3 heteroatoms. The first-order chi connectivity index (χ1) is 9.70. The van der Waals surface area contributed by atoms with Crippen LogP contribution < -0.4 is 5.32 Å². The molecule has 1 spiro atoms. The molecule has 0 aromatic rings. The summed E-state index contributed by atoms with van der Waals surface area (Å²) in [6.07, 6.45) is 8.51. The molecule has 3 nitrogen and oxygen atoms in total. The Morgan fingerprint density at radius 3 is 2.65 bits per heavy atom. The van der Waals surface area contributed by atoms with Crippen LogP contribution in [0.5, 0.6) is 0 Å². The minimum absolute atomic E-state index is 0.465. The maximum atomic E-state index is 5.85. The third-order valence-corrected chi connectivity index (χ3v) is 5.46. The molecular weight excluding hydrogens is 248 g/mol. The van der Waals surface area contributed by atoms with Crippen molar-refractivity contribution >= 4 is 0 Å². The first kappa shape index (κ1) is 14.8. The van der Waals surface area contributed by atoms with E-state index >= 15 is 0 Å². The fourth-order valence-corrected chi connectivity index (χ4v) is 4.09. The van der Waals surface area contributed by atoms with E-state index in [1.165, 1.54) is 51.6 Å². The first-order valence-electron chi connectivity index (χ1n) is 8.76. The maximum Gasteiger partial charge on any atom is 0.0593 e. The molecule has 3 aliphatic rings. The SMILES string of the molecule is CC(C)COCCN1CC(C2CC2)NCC12CCCC2. The Balaban J connectivity index is 1.53. The number of hydrogen-bond acceptors (Lipinski definition) is 3. The van der Waals surface area contributed by atoms with Crippen LogP contribution in [0.2, 0.25) is 0 Å². The molecule has 1 heterocycles. The van der Waals surface area contributed by atoms with E-state index < -0.39 is 0 Å². The van der Waals surface area contributed by atoms with E-state index in [4.69, 9.17) is 4.74 Å². The van der Waals surface area contributed by atoms with Crippen molar-refractivity contribution in [3.8, 4) is 0 Å². The van der Waals surface area contributed by atoms with E-state index in [2.05, 4.69) is 24.1 Å². The molecule has 1 atom stereocenters. The van der Waals surface area contributed by atoms with E-state index in [1.54, 1.807) is 0 Å². The van der Waals surface area contributed by atoms with Gasteiger partial charge in [-0.15, -0.1) is 0 Å². The second kappa shape index (κ2) is 6.33. The van der Waals surface area contributed by atoms with Crippen molar-refractivity contribution in [1.29, 1.82) is 0 Å². The van der Waals surface area contributed by atoms with Crippen molar-refractivity contribution in [3.63, 3.8) is 0 Å². The molecule has 2 saturated carbocycles. The molecule has 3 rings (SSSR count). The van der Waals surface area contributed by atoms with Gasteiger partial charge in [0.25, 0.3) is 0 Å². The van der Waals surface area contributed by atoms with Crippen LogP contribution in [-0.4, -0.2) is 49.3 Å². The third kappa shape index (κ3) is 3.37. The topological polar surface area (TPSA) is 24.5 Å². The maximum absolute atomic E-state index is 5.85. The van der Waals surface area contributed by atoms with Crippen LogP contribution in [-0.2, 0) is 4.74 Å². The number of rotatable bonds is 6. The lowest BCUT2D eigenvalue weighted by Crippen LogP contribution is -2.64. The zero-order valence-electron chi connectivity index (χ0n) is 13.4. The van der Waals surface area contributed by atoms with Crippen LogP contribution in [0.4, 0.5) is 0 Å². The van der Waals surface area contributed by atoms with Gasteiger partial charge in [-0.05, 0) is 37.5 Å². The Morgan fingerprint density at radius 1 is 1.25 bits per heavy atom. The van der Waals surface area contributed by atoms with Gasteiger partial charge >= 0.3 is 0 Å². The van der Waals surface area contributed by atoms with Gasteiger partial charge in [0.15, 0.2) is 0 Å². The fraction of sp³-hybridized carbons (Fsp3) is 1.00. The molecule has 20 heavy (non-hydrogen) atoms. The number of nitrogens with zero attached hydrogens (tertiary/aromatic N) is 1. The second-order valence-corrected chi connectivity index (χ2v) is 7.67. The normalized spacial score (nSPS) is 30.4. The Hall–Kier alpha value is -0.120. The average molecular weight is 280 g/mol. The standard InChI is InChI=1S/C17H32N2O/c1-14(2)12-20-10-9-19-11-16(15-5-6-15)18-13-17(19)7-3-4-8-17/h14-16,18H,3-13H2,1-2H3. The number of hydrogen-bond donors (Lipinski definition) is 1. The number of ether oxygens (including phenoxy) is 1. The minimum Gasteiger partial charge on any atom is -0.380 e. The summed E-state index contributed by atoms with van der Waals surface area (Å²) in [4.78, 5) is 2.79. The Bertz CT molecular complexity index is 308. The molecule has 1 unspecified atom stereocenters. The third-order valence-electron chi connectivity index (χ3n) is 5.46. The molecular formula is C17H32N2O. The smallest absolute Gasteiger partial charge is 0.0593 e. The van der Waals surface area contributed by atoms with Crippen LogP contribution in [0.25, 0.3) is 0 Å².